The highest BCUT2D eigenvalue weighted by molar-refractivity contribution is 6.31. The lowest BCUT2D eigenvalue weighted by atomic mass is 9.85. The second-order valence-corrected chi connectivity index (χ2v) is 20.9. The van der Waals surface area contributed by atoms with Gasteiger partial charge in [-0.25, -0.2) is 0 Å². The molecule has 6 nitrogen and oxygen atoms in total. The van der Waals surface area contributed by atoms with Crippen LogP contribution in [0.5, 0.6) is 0 Å². The van der Waals surface area contributed by atoms with Crippen molar-refractivity contribution in [3.63, 3.8) is 0 Å². The van der Waals surface area contributed by atoms with E-state index in [4.69, 9.17) is 23.2 Å². The second kappa shape index (κ2) is 21.6. The van der Waals surface area contributed by atoms with Gasteiger partial charge in [0.2, 0.25) is 0 Å². The first kappa shape index (κ1) is 49.2. The van der Waals surface area contributed by atoms with Gasteiger partial charge < -0.3 is 19.6 Å². The predicted molar refractivity (Wildman–Crippen MR) is 283 cm³/mol. The molecule has 354 valence electrons. The Morgan fingerprint density at radius 1 is 0.559 bits per heavy atom. The van der Waals surface area contributed by atoms with E-state index in [9.17, 15) is 9.59 Å². The van der Waals surface area contributed by atoms with Gasteiger partial charge in [-0.05, 0) is 115 Å². The summed E-state index contributed by atoms with van der Waals surface area (Å²) < 4.78 is 1.34. The number of amides is 2. The number of likely N-dealkylation sites (tertiary alicyclic amines) is 2. The maximum absolute atomic E-state index is 14.7. The lowest BCUT2D eigenvalue weighted by Crippen LogP contribution is -2.62. The summed E-state index contributed by atoms with van der Waals surface area (Å²) in [4.78, 5) is 29.1. The zero-order chi connectivity index (χ0) is 48.0. The van der Waals surface area contributed by atoms with Gasteiger partial charge in [0, 0.05) is 64.1 Å². The molecule has 6 aromatic rings. The summed E-state index contributed by atoms with van der Waals surface area (Å²) in [6.07, 6.45) is 5.51. The van der Waals surface area contributed by atoms with E-state index in [2.05, 4.69) is 161 Å². The van der Waals surface area contributed by atoms with Gasteiger partial charge in [-0.1, -0.05) is 146 Å². The van der Waals surface area contributed by atoms with Crippen LogP contribution in [0, 0.1) is 27.7 Å². The number of piperidine rings is 2. The lowest BCUT2D eigenvalue weighted by molar-refractivity contribution is -0.960. The molecule has 2 saturated heterocycles. The minimum absolute atomic E-state index is 0.0774. The maximum atomic E-state index is 14.7. The van der Waals surface area contributed by atoms with E-state index in [1.165, 1.54) is 11.1 Å². The number of aryl methyl sites for hydroxylation is 4. The van der Waals surface area contributed by atoms with Crippen molar-refractivity contribution in [2.75, 3.05) is 36.8 Å². The fraction of sp³-hybridized carbons (Fsp3) is 0.367. The summed E-state index contributed by atoms with van der Waals surface area (Å²) >= 11 is 13.8. The number of halogens is 2. The van der Waals surface area contributed by atoms with E-state index in [1.54, 1.807) is 0 Å². The highest BCUT2D eigenvalue weighted by Crippen LogP contribution is 2.41. The zero-order valence-electron chi connectivity index (χ0n) is 41.0. The fourth-order valence-corrected chi connectivity index (χ4v) is 12.5. The number of hydrogen-bond acceptors (Lipinski definition) is 2. The van der Waals surface area contributed by atoms with Gasteiger partial charge in [-0.15, -0.1) is 0 Å². The molecule has 0 saturated carbocycles. The molecule has 2 N–H and O–H groups in total. The highest BCUT2D eigenvalue weighted by atomic mass is 35.5. The fourth-order valence-electron chi connectivity index (χ4n) is 12.1. The first-order valence-corrected chi connectivity index (χ1v) is 25.7. The smallest absolute Gasteiger partial charge is 0.282 e. The van der Waals surface area contributed by atoms with Gasteiger partial charge in [0.15, 0.2) is 12.1 Å². The maximum Gasteiger partial charge on any atom is 0.282 e. The van der Waals surface area contributed by atoms with Gasteiger partial charge in [0.25, 0.3) is 11.8 Å². The Kier molecular flexibility index (Phi) is 15.6. The summed E-state index contributed by atoms with van der Waals surface area (Å²) in [5.74, 6) is 0.850. The largest absolute Gasteiger partial charge is 0.320 e. The number of hydrogen-bond donors (Lipinski definition) is 2. The number of nitrogens with one attached hydrogen (secondary N) is 2. The molecule has 0 aliphatic carbocycles. The van der Waals surface area contributed by atoms with Crippen LogP contribution in [0.3, 0.4) is 0 Å². The molecular weight excluding hydrogens is 880 g/mol. The third-order valence-corrected chi connectivity index (χ3v) is 16.2. The molecule has 2 fully saturated rings. The van der Waals surface area contributed by atoms with Crippen LogP contribution in [0.2, 0.25) is 10.0 Å². The first-order valence-electron chi connectivity index (χ1n) is 25.0. The van der Waals surface area contributed by atoms with Gasteiger partial charge in [0.1, 0.15) is 13.1 Å². The molecular formula is C60H70Cl2N4O2+2. The number of para-hydroxylation sites is 2. The number of nitrogens with zero attached hydrogens (tertiary/aromatic N) is 2. The average Bonchev–Trinajstić information content (AvgIpc) is 3.33. The van der Waals surface area contributed by atoms with Gasteiger partial charge >= 0.3 is 0 Å². The van der Waals surface area contributed by atoms with E-state index in [0.29, 0.717) is 33.8 Å². The van der Waals surface area contributed by atoms with E-state index in [-0.39, 0.29) is 23.9 Å². The van der Waals surface area contributed by atoms with Crippen LogP contribution in [0.25, 0.3) is 11.1 Å². The molecule has 2 amide bonds. The van der Waals surface area contributed by atoms with Crippen molar-refractivity contribution >= 4 is 46.4 Å². The standard InChI is InChI=1S/C60H68Cl2N4O2/c1-7-55(59(67)63-57-41(3)17-12-18-42(57)4)65(38-45-21-14-27-53(61)35-45)33-30-47(31-34-65)48-24-15-25-49(36-48)50-28-29-54(62)52(37-50)40-66(32-16-26-51(39-66)46-22-10-9-11-23-46)56(8-2)60(68)64-58-43(5)19-13-20-44(58)6/h9-15,17-25,27-29,35-37,47,51,55-56H,7-8,16,26,30-34,38-40H2,1-6H3/p+2. The van der Waals surface area contributed by atoms with Crippen molar-refractivity contribution in [3.05, 3.63) is 188 Å². The zero-order valence-corrected chi connectivity index (χ0v) is 42.5. The van der Waals surface area contributed by atoms with E-state index in [0.717, 1.165) is 131 Å². The number of carbonyl (C=O) groups is 2. The number of quaternary nitrogens is 2. The van der Waals surface area contributed by atoms with E-state index < -0.39 is 0 Å². The van der Waals surface area contributed by atoms with Gasteiger partial charge in [-0.2, -0.15) is 0 Å². The van der Waals surface area contributed by atoms with E-state index in [1.807, 2.05) is 24.3 Å². The van der Waals surface area contributed by atoms with Crippen LogP contribution in [0.1, 0.15) is 109 Å². The average molecular weight is 950 g/mol. The molecule has 0 spiro atoms. The van der Waals surface area contributed by atoms with Crippen molar-refractivity contribution in [2.24, 2.45) is 0 Å². The summed E-state index contributed by atoms with van der Waals surface area (Å²) in [6.45, 7) is 17.5. The van der Waals surface area contributed by atoms with Gasteiger partial charge in [-0.3, -0.25) is 9.59 Å². The number of benzene rings is 6. The van der Waals surface area contributed by atoms with Crippen molar-refractivity contribution in [3.8, 4) is 11.1 Å². The molecule has 8 heteroatoms. The molecule has 2 aliphatic heterocycles. The predicted octanol–water partition coefficient (Wildman–Crippen LogP) is 14.5. The normalized spacial score (nSPS) is 21.4. The SMILES string of the molecule is CCC(C(=O)Nc1c(C)cccc1C)[N+]1(Cc2cccc(Cl)c2)CCC(c2cccc(-c3ccc(Cl)c(C[N+]4(C(CC)C(=O)Nc5c(C)cccc5C)CCCC(c5ccccc5)C4)c3)c2)CC1. The monoisotopic (exact) mass is 948 g/mol. The molecule has 4 unspecified atom stereocenters. The molecule has 0 radical (unpaired) electrons. The topological polar surface area (TPSA) is 58.2 Å². The first-order chi connectivity index (χ1) is 32.8. The van der Waals surface area contributed by atoms with Crippen LogP contribution in [-0.2, 0) is 22.7 Å². The van der Waals surface area contributed by atoms with Crippen molar-refractivity contribution in [2.45, 2.75) is 117 Å². The lowest BCUT2D eigenvalue weighted by Gasteiger charge is -2.49. The second-order valence-electron chi connectivity index (χ2n) is 20.1. The van der Waals surface area contributed by atoms with Crippen LogP contribution in [0.4, 0.5) is 11.4 Å². The third-order valence-electron chi connectivity index (χ3n) is 15.6. The van der Waals surface area contributed by atoms with Crippen LogP contribution >= 0.6 is 23.2 Å². The van der Waals surface area contributed by atoms with Crippen LogP contribution in [0.15, 0.2) is 133 Å². The molecule has 2 aliphatic rings. The Morgan fingerprint density at radius 2 is 1.12 bits per heavy atom. The molecule has 68 heavy (non-hydrogen) atoms. The quantitative estimate of drug-likeness (QED) is 0.101. The molecule has 6 aromatic carbocycles. The molecule has 2 heterocycles. The van der Waals surface area contributed by atoms with E-state index >= 15 is 0 Å². The molecule has 4 atom stereocenters. The van der Waals surface area contributed by atoms with Crippen molar-refractivity contribution < 1.29 is 18.6 Å². The summed E-state index contributed by atoms with van der Waals surface area (Å²) in [7, 11) is 0. The van der Waals surface area contributed by atoms with Crippen molar-refractivity contribution in [1.82, 2.24) is 0 Å². The summed E-state index contributed by atoms with van der Waals surface area (Å²) in [5, 5.41) is 8.26. The minimum atomic E-state index is -0.260. The minimum Gasteiger partial charge on any atom is -0.320 e. The number of carbonyl (C=O) groups excluding carboxylic acids is 2. The number of rotatable bonds is 15. The molecule has 8 rings (SSSR count). The number of anilines is 2. The Morgan fingerprint density at radius 3 is 1.72 bits per heavy atom. The Balaban J connectivity index is 1.07. The summed E-state index contributed by atoms with van der Waals surface area (Å²) in [6, 6.07) is 46.5. The Labute approximate surface area is 415 Å². The molecule has 0 bridgehead atoms. The van der Waals surface area contributed by atoms with Crippen LogP contribution < -0.4 is 10.6 Å². The Hall–Kier alpha value is -5.24. The Bertz CT molecular complexity index is 2690. The third kappa shape index (κ3) is 10.8. The highest BCUT2D eigenvalue weighted by Gasteiger charge is 2.46. The van der Waals surface area contributed by atoms with Crippen molar-refractivity contribution in [1.29, 1.82) is 0 Å². The van der Waals surface area contributed by atoms with Crippen LogP contribution in [-0.4, -0.2) is 59.0 Å². The summed E-state index contributed by atoms with van der Waals surface area (Å²) in [5.41, 5.74) is 13.3. The molecule has 0 aromatic heterocycles. The van der Waals surface area contributed by atoms with Gasteiger partial charge in [0.05, 0.1) is 26.2 Å².